The number of halogens is 1. The highest BCUT2D eigenvalue weighted by Gasteiger charge is 2.05. The Kier molecular flexibility index (Phi) is 8.21. The maximum Gasteiger partial charge on any atom is 0.303 e. The lowest BCUT2D eigenvalue weighted by Gasteiger charge is -2.07. The molecule has 0 fully saturated rings. The van der Waals surface area contributed by atoms with Gasteiger partial charge in [-0.1, -0.05) is 15.9 Å². The lowest BCUT2D eigenvalue weighted by Crippen LogP contribution is -2.27. The normalized spacial score (nSPS) is 10.0. The maximum atomic E-state index is 11.7. The summed E-state index contributed by atoms with van der Waals surface area (Å²) in [5.41, 5.74) is 0.702. The molecule has 120 valence electrons. The van der Waals surface area contributed by atoms with Crippen LogP contribution >= 0.6 is 15.9 Å². The number of nitrogens with one attached hydrogen (secondary N) is 2. The molecule has 0 aliphatic carbocycles. The quantitative estimate of drug-likeness (QED) is 0.582. The third-order valence-corrected chi connectivity index (χ3v) is 3.38. The van der Waals surface area contributed by atoms with Crippen molar-refractivity contribution in [1.82, 2.24) is 5.32 Å². The molecular weight excluding hydrogens is 352 g/mol. The zero-order chi connectivity index (χ0) is 16.4. The summed E-state index contributed by atoms with van der Waals surface area (Å²) in [5, 5.41) is 13.8. The van der Waals surface area contributed by atoms with Gasteiger partial charge in [-0.05, 0) is 37.1 Å². The number of carbonyl (C=O) groups is 3. The lowest BCUT2D eigenvalue weighted by molar-refractivity contribution is -0.137. The molecule has 0 aliphatic heterocycles. The fourth-order valence-corrected chi connectivity index (χ4v) is 1.99. The zero-order valence-electron chi connectivity index (χ0n) is 12.1. The maximum absolute atomic E-state index is 11.7. The van der Waals surface area contributed by atoms with Crippen LogP contribution in [0.2, 0.25) is 0 Å². The monoisotopic (exact) mass is 370 g/mol. The highest BCUT2D eigenvalue weighted by atomic mass is 79.9. The molecule has 6 nitrogen and oxygen atoms in total. The standard InChI is InChI=1S/C15H19BrN2O4/c16-11-5-7-12(8-6-11)18-14(20)9-10-17-13(19)3-1-2-4-15(21)22/h5-8H,1-4,9-10H2,(H,17,19)(H,18,20)(H,21,22). The number of carboxylic acids is 1. The molecule has 0 spiro atoms. The van der Waals surface area contributed by atoms with Crippen LogP contribution in [0.25, 0.3) is 0 Å². The topological polar surface area (TPSA) is 95.5 Å². The van der Waals surface area contributed by atoms with Gasteiger partial charge in [-0.3, -0.25) is 14.4 Å². The van der Waals surface area contributed by atoms with Gasteiger partial charge in [0.2, 0.25) is 11.8 Å². The number of aliphatic carboxylic acids is 1. The van der Waals surface area contributed by atoms with Gasteiger partial charge >= 0.3 is 5.97 Å². The summed E-state index contributed by atoms with van der Waals surface area (Å²) in [6.07, 6.45) is 1.55. The van der Waals surface area contributed by atoms with Gasteiger partial charge in [-0.25, -0.2) is 0 Å². The van der Waals surface area contributed by atoms with Crippen LogP contribution in [-0.2, 0) is 14.4 Å². The smallest absolute Gasteiger partial charge is 0.303 e. The van der Waals surface area contributed by atoms with Crippen molar-refractivity contribution in [3.05, 3.63) is 28.7 Å². The molecule has 3 N–H and O–H groups in total. The Morgan fingerprint density at radius 3 is 2.23 bits per heavy atom. The lowest BCUT2D eigenvalue weighted by atomic mass is 10.2. The molecule has 0 saturated heterocycles. The molecule has 0 radical (unpaired) electrons. The first-order valence-electron chi connectivity index (χ1n) is 7.01. The number of benzene rings is 1. The van der Waals surface area contributed by atoms with Crippen LogP contribution < -0.4 is 10.6 Å². The number of carbonyl (C=O) groups excluding carboxylic acids is 2. The summed E-state index contributed by atoms with van der Waals surface area (Å²) in [5.74, 6) is -1.19. The van der Waals surface area contributed by atoms with E-state index in [9.17, 15) is 14.4 Å². The number of hydrogen-bond donors (Lipinski definition) is 3. The minimum absolute atomic E-state index is 0.0723. The van der Waals surface area contributed by atoms with E-state index in [1.165, 1.54) is 0 Å². The molecule has 0 atom stereocenters. The highest BCUT2D eigenvalue weighted by Crippen LogP contribution is 2.14. The van der Waals surface area contributed by atoms with Gasteiger partial charge in [0.1, 0.15) is 0 Å². The van der Waals surface area contributed by atoms with E-state index >= 15 is 0 Å². The van der Waals surface area contributed by atoms with E-state index in [-0.39, 0.29) is 37.6 Å². The van der Waals surface area contributed by atoms with Crippen LogP contribution in [0.3, 0.4) is 0 Å². The average molecular weight is 371 g/mol. The van der Waals surface area contributed by atoms with Gasteiger partial charge in [-0.15, -0.1) is 0 Å². The Morgan fingerprint density at radius 1 is 0.955 bits per heavy atom. The Labute approximate surface area is 137 Å². The molecule has 0 aliphatic rings. The molecule has 0 unspecified atom stereocenters. The van der Waals surface area contributed by atoms with E-state index in [2.05, 4.69) is 26.6 Å². The summed E-state index contributed by atoms with van der Waals surface area (Å²) in [4.78, 5) is 33.5. The number of anilines is 1. The third-order valence-electron chi connectivity index (χ3n) is 2.85. The molecular formula is C15H19BrN2O4. The van der Waals surface area contributed by atoms with Crippen molar-refractivity contribution in [1.29, 1.82) is 0 Å². The van der Waals surface area contributed by atoms with Gasteiger partial charge in [0, 0.05) is 36.0 Å². The van der Waals surface area contributed by atoms with Crippen molar-refractivity contribution in [2.75, 3.05) is 11.9 Å². The van der Waals surface area contributed by atoms with E-state index in [1.54, 1.807) is 12.1 Å². The second kappa shape index (κ2) is 9.94. The van der Waals surface area contributed by atoms with Crippen molar-refractivity contribution >= 4 is 39.4 Å². The van der Waals surface area contributed by atoms with E-state index < -0.39 is 5.97 Å². The van der Waals surface area contributed by atoms with Crippen molar-refractivity contribution in [3.8, 4) is 0 Å². The second-order valence-electron chi connectivity index (χ2n) is 4.76. The Balaban J connectivity index is 2.12. The van der Waals surface area contributed by atoms with Gasteiger partial charge in [0.25, 0.3) is 0 Å². The molecule has 1 aromatic rings. The minimum atomic E-state index is -0.856. The molecule has 0 heterocycles. The SMILES string of the molecule is O=C(O)CCCCC(=O)NCCC(=O)Nc1ccc(Br)cc1. The van der Waals surface area contributed by atoms with E-state index in [0.717, 1.165) is 4.47 Å². The summed E-state index contributed by atoms with van der Waals surface area (Å²) >= 11 is 3.31. The molecule has 0 aromatic heterocycles. The Morgan fingerprint density at radius 2 is 1.59 bits per heavy atom. The van der Waals surface area contributed by atoms with Crippen LogP contribution in [0.5, 0.6) is 0 Å². The van der Waals surface area contributed by atoms with Gasteiger partial charge in [0.15, 0.2) is 0 Å². The fourth-order valence-electron chi connectivity index (χ4n) is 1.72. The third kappa shape index (κ3) is 8.41. The van der Waals surface area contributed by atoms with Gasteiger partial charge in [-0.2, -0.15) is 0 Å². The van der Waals surface area contributed by atoms with Crippen LogP contribution in [-0.4, -0.2) is 29.4 Å². The molecule has 0 bridgehead atoms. The van der Waals surface area contributed by atoms with Crippen LogP contribution in [0.1, 0.15) is 32.1 Å². The van der Waals surface area contributed by atoms with Crippen molar-refractivity contribution in [2.24, 2.45) is 0 Å². The first kappa shape index (κ1) is 18.2. The molecule has 1 aromatic carbocycles. The van der Waals surface area contributed by atoms with Gasteiger partial charge in [0.05, 0.1) is 0 Å². The molecule has 1 rings (SSSR count). The molecule has 22 heavy (non-hydrogen) atoms. The number of rotatable bonds is 9. The summed E-state index contributed by atoms with van der Waals surface area (Å²) in [7, 11) is 0. The minimum Gasteiger partial charge on any atom is -0.481 e. The van der Waals surface area contributed by atoms with Crippen LogP contribution in [0.4, 0.5) is 5.69 Å². The van der Waals surface area contributed by atoms with Crippen LogP contribution in [0.15, 0.2) is 28.7 Å². The number of amides is 2. The van der Waals surface area contributed by atoms with Crippen LogP contribution in [0, 0.1) is 0 Å². The van der Waals surface area contributed by atoms with Gasteiger partial charge < -0.3 is 15.7 Å². The van der Waals surface area contributed by atoms with E-state index in [0.29, 0.717) is 18.5 Å². The first-order chi connectivity index (χ1) is 10.5. The van der Waals surface area contributed by atoms with Crippen molar-refractivity contribution in [2.45, 2.75) is 32.1 Å². The molecule has 7 heteroatoms. The summed E-state index contributed by atoms with van der Waals surface area (Å²) < 4.78 is 0.931. The fraction of sp³-hybridized carbons (Fsp3) is 0.400. The number of unbranched alkanes of at least 4 members (excludes halogenated alkanes) is 1. The molecule has 0 saturated carbocycles. The van der Waals surface area contributed by atoms with E-state index in [4.69, 9.17) is 5.11 Å². The summed E-state index contributed by atoms with van der Waals surface area (Å²) in [6.45, 7) is 0.264. The highest BCUT2D eigenvalue weighted by molar-refractivity contribution is 9.10. The summed E-state index contributed by atoms with van der Waals surface area (Å²) in [6, 6.07) is 7.22. The first-order valence-corrected chi connectivity index (χ1v) is 7.80. The predicted molar refractivity (Wildman–Crippen MR) is 86.5 cm³/mol. The van der Waals surface area contributed by atoms with E-state index in [1.807, 2.05) is 12.1 Å². The number of hydrogen-bond acceptors (Lipinski definition) is 3. The molecule has 2 amide bonds. The number of carboxylic acid groups (broad SMARTS) is 1. The van der Waals surface area contributed by atoms with Crippen molar-refractivity contribution < 1.29 is 19.5 Å². The average Bonchev–Trinajstić information content (AvgIpc) is 2.46. The predicted octanol–water partition coefficient (Wildman–Crippen LogP) is 2.54. The zero-order valence-corrected chi connectivity index (χ0v) is 13.7. The van der Waals surface area contributed by atoms with Crippen molar-refractivity contribution in [3.63, 3.8) is 0 Å². The largest absolute Gasteiger partial charge is 0.481 e. The second-order valence-corrected chi connectivity index (χ2v) is 5.67. The Hall–Kier alpha value is -1.89. The Bertz CT molecular complexity index is 517.